The molecule has 0 radical (unpaired) electrons. The van der Waals surface area contributed by atoms with E-state index in [1.165, 1.54) is 30.1 Å². The summed E-state index contributed by atoms with van der Waals surface area (Å²) in [7, 11) is 0.615. The molecule has 0 aliphatic heterocycles. The fraction of sp³-hybridized carbons (Fsp3) is 0.364. The van der Waals surface area contributed by atoms with Crippen LogP contribution in [0.4, 0.5) is 5.69 Å². The van der Waals surface area contributed by atoms with Gasteiger partial charge in [-0.25, -0.2) is 8.42 Å². The molecule has 0 aliphatic carbocycles. The molecule has 8 heteroatoms. The maximum atomic E-state index is 12.3. The predicted octanol–water partition coefficient (Wildman–Crippen LogP) is 0.631. The Hall–Kier alpha value is -1.31. The average molecular weight is 306 g/mol. The number of benzene rings is 1. The van der Waals surface area contributed by atoms with Crippen LogP contribution in [0.1, 0.15) is 0 Å². The van der Waals surface area contributed by atoms with Crippen LogP contribution >= 0.6 is 11.6 Å². The van der Waals surface area contributed by atoms with Gasteiger partial charge in [-0.1, -0.05) is 11.6 Å². The van der Waals surface area contributed by atoms with E-state index in [1.807, 2.05) is 0 Å². The Bertz CT molecular complexity index is 587. The summed E-state index contributed by atoms with van der Waals surface area (Å²) in [5, 5.41) is 0.0316. The number of nitrogens with zero attached hydrogens (tertiary/aromatic N) is 2. The Balaban J connectivity index is 3.07. The third-order valence-corrected chi connectivity index (χ3v) is 4.79. The number of rotatable bonds is 4. The van der Waals surface area contributed by atoms with Gasteiger partial charge in [-0.3, -0.25) is 4.79 Å². The highest BCUT2D eigenvalue weighted by Crippen LogP contribution is 2.25. The molecule has 0 saturated carbocycles. The SMILES string of the molecule is CN(C)C(=O)CN(C)S(=O)(=O)c1ccc(N)cc1Cl. The molecular weight excluding hydrogens is 290 g/mol. The van der Waals surface area contributed by atoms with Crippen molar-refractivity contribution < 1.29 is 13.2 Å². The van der Waals surface area contributed by atoms with E-state index in [0.29, 0.717) is 5.69 Å². The zero-order valence-corrected chi connectivity index (χ0v) is 12.5. The summed E-state index contributed by atoms with van der Waals surface area (Å²) >= 11 is 5.88. The highest BCUT2D eigenvalue weighted by Gasteiger charge is 2.25. The van der Waals surface area contributed by atoms with Crippen LogP contribution in [0.5, 0.6) is 0 Å². The van der Waals surface area contributed by atoms with Gasteiger partial charge in [-0.15, -0.1) is 0 Å². The van der Waals surface area contributed by atoms with Crippen LogP contribution in [0.25, 0.3) is 0 Å². The molecule has 19 heavy (non-hydrogen) atoms. The molecule has 2 N–H and O–H groups in total. The topological polar surface area (TPSA) is 83.7 Å². The van der Waals surface area contributed by atoms with Gasteiger partial charge in [-0.2, -0.15) is 4.31 Å². The molecule has 0 spiro atoms. The second-order valence-corrected chi connectivity index (χ2v) is 6.66. The first-order valence-electron chi connectivity index (χ1n) is 5.37. The molecule has 0 heterocycles. The molecule has 1 aromatic carbocycles. The lowest BCUT2D eigenvalue weighted by Gasteiger charge is -2.19. The number of anilines is 1. The zero-order chi connectivity index (χ0) is 14.8. The molecule has 0 aromatic heterocycles. The van der Waals surface area contributed by atoms with Gasteiger partial charge in [0.25, 0.3) is 0 Å². The third-order valence-electron chi connectivity index (χ3n) is 2.50. The van der Waals surface area contributed by atoms with E-state index in [1.54, 1.807) is 14.1 Å². The largest absolute Gasteiger partial charge is 0.399 e. The van der Waals surface area contributed by atoms with Gasteiger partial charge in [-0.05, 0) is 18.2 Å². The summed E-state index contributed by atoms with van der Waals surface area (Å²) < 4.78 is 25.5. The molecule has 0 unspecified atom stereocenters. The average Bonchev–Trinajstić information content (AvgIpc) is 2.27. The number of carbonyl (C=O) groups excluding carboxylic acids is 1. The summed E-state index contributed by atoms with van der Waals surface area (Å²) in [6.07, 6.45) is 0. The summed E-state index contributed by atoms with van der Waals surface area (Å²) in [6.45, 7) is -0.254. The fourth-order valence-corrected chi connectivity index (χ4v) is 2.95. The van der Waals surface area contributed by atoms with Gasteiger partial charge < -0.3 is 10.6 Å². The Morgan fingerprint density at radius 2 is 1.89 bits per heavy atom. The molecule has 0 atom stereocenters. The molecule has 1 amide bonds. The Labute approximate surface area is 117 Å². The minimum Gasteiger partial charge on any atom is -0.399 e. The van der Waals surface area contributed by atoms with E-state index in [-0.39, 0.29) is 22.4 Å². The molecule has 6 nitrogen and oxygen atoms in total. The van der Waals surface area contributed by atoms with Gasteiger partial charge in [0.2, 0.25) is 15.9 Å². The maximum absolute atomic E-state index is 12.3. The molecular formula is C11H16ClN3O3S. The van der Waals surface area contributed by atoms with Crippen molar-refractivity contribution in [1.82, 2.24) is 9.21 Å². The number of nitrogen functional groups attached to an aromatic ring is 1. The lowest BCUT2D eigenvalue weighted by molar-refractivity contribution is -0.128. The fourth-order valence-electron chi connectivity index (χ4n) is 1.31. The molecule has 0 fully saturated rings. The number of nitrogens with two attached hydrogens (primary N) is 1. The Morgan fingerprint density at radius 3 is 2.37 bits per heavy atom. The van der Waals surface area contributed by atoms with Gasteiger partial charge in [0, 0.05) is 26.8 Å². The van der Waals surface area contributed by atoms with E-state index >= 15 is 0 Å². The second kappa shape index (κ2) is 5.77. The summed E-state index contributed by atoms with van der Waals surface area (Å²) in [5.74, 6) is -0.322. The van der Waals surface area contributed by atoms with E-state index < -0.39 is 10.0 Å². The van der Waals surface area contributed by atoms with Crippen LogP contribution in [0.3, 0.4) is 0 Å². The van der Waals surface area contributed by atoms with Crippen molar-refractivity contribution in [1.29, 1.82) is 0 Å². The lowest BCUT2D eigenvalue weighted by atomic mass is 10.3. The molecule has 0 saturated heterocycles. The van der Waals surface area contributed by atoms with E-state index in [2.05, 4.69) is 0 Å². The molecule has 1 rings (SSSR count). The quantitative estimate of drug-likeness (QED) is 0.827. The number of amides is 1. The van der Waals surface area contributed by atoms with Crippen molar-refractivity contribution >= 4 is 33.2 Å². The first kappa shape index (κ1) is 15.7. The molecule has 106 valence electrons. The van der Waals surface area contributed by atoms with Crippen molar-refractivity contribution in [2.24, 2.45) is 0 Å². The zero-order valence-electron chi connectivity index (χ0n) is 10.9. The van der Waals surface area contributed by atoms with Gasteiger partial charge >= 0.3 is 0 Å². The van der Waals surface area contributed by atoms with Crippen molar-refractivity contribution in [3.63, 3.8) is 0 Å². The lowest BCUT2D eigenvalue weighted by Crippen LogP contribution is -2.37. The highest BCUT2D eigenvalue weighted by molar-refractivity contribution is 7.89. The Morgan fingerprint density at radius 1 is 1.32 bits per heavy atom. The van der Waals surface area contributed by atoms with Crippen molar-refractivity contribution in [2.45, 2.75) is 4.90 Å². The van der Waals surface area contributed by atoms with E-state index in [9.17, 15) is 13.2 Å². The first-order valence-corrected chi connectivity index (χ1v) is 7.19. The van der Waals surface area contributed by atoms with E-state index in [0.717, 1.165) is 4.31 Å². The van der Waals surface area contributed by atoms with Crippen molar-refractivity contribution in [3.05, 3.63) is 23.2 Å². The predicted molar refractivity (Wildman–Crippen MR) is 74.4 cm³/mol. The minimum atomic E-state index is -3.82. The number of hydrogen-bond donors (Lipinski definition) is 1. The third kappa shape index (κ3) is 3.59. The standard InChI is InChI=1S/C11H16ClN3O3S/c1-14(2)11(16)7-15(3)19(17,18)10-5-4-8(13)6-9(10)12/h4-6H,7,13H2,1-3H3. The number of hydrogen-bond acceptors (Lipinski definition) is 4. The van der Waals surface area contributed by atoms with Crippen LogP contribution in [0.15, 0.2) is 23.1 Å². The number of carbonyl (C=O) groups is 1. The van der Waals surface area contributed by atoms with Crippen LogP contribution < -0.4 is 5.73 Å². The monoisotopic (exact) mass is 305 g/mol. The molecule has 1 aromatic rings. The summed E-state index contributed by atoms with van der Waals surface area (Å²) in [5.41, 5.74) is 5.88. The van der Waals surface area contributed by atoms with Gasteiger partial charge in [0.1, 0.15) is 4.90 Å². The van der Waals surface area contributed by atoms with Gasteiger partial charge in [0.05, 0.1) is 11.6 Å². The summed E-state index contributed by atoms with van der Waals surface area (Å²) in [6, 6.07) is 4.13. The van der Waals surface area contributed by atoms with Crippen LogP contribution in [0.2, 0.25) is 5.02 Å². The first-order chi connectivity index (χ1) is 8.66. The van der Waals surface area contributed by atoms with Gasteiger partial charge in [0.15, 0.2) is 0 Å². The normalized spacial score (nSPS) is 11.6. The van der Waals surface area contributed by atoms with Crippen molar-refractivity contribution in [2.75, 3.05) is 33.4 Å². The van der Waals surface area contributed by atoms with E-state index in [4.69, 9.17) is 17.3 Å². The van der Waals surface area contributed by atoms with Crippen LogP contribution in [-0.2, 0) is 14.8 Å². The number of halogens is 1. The second-order valence-electron chi connectivity index (χ2n) is 4.24. The summed E-state index contributed by atoms with van der Waals surface area (Å²) in [4.78, 5) is 12.8. The number of sulfonamides is 1. The van der Waals surface area contributed by atoms with Crippen LogP contribution in [0, 0.1) is 0 Å². The Kier molecular flexibility index (Phi) is 4.78. The smallest absolute Gasteiger partial charge is 0.244 e. The highest BCUT2D eigenvalue weighted by atomic mass is 35.5. The minimum absolute atomic E-state index is 0.0316. The van der Waals surface area contributed by atoms with Crippen molar-refractivity contribution in [3.8, 4) is 0 Å². The maximum Gasteiger partial charge on any atom is 0.244 e. The molecule has 0 aliphatic rings. The molecule has 0 bridgehead atoms. The van der Waals surface area contributed by atoms with Crippen LogP contribution in [-0.4, -0.2) is 51.2 Å². The number of likely N-dealkylation sites (N-methyl/N-ethyl adjacent to an activating group) is 2.